The number of rotatable bonds is 4. The summed E-state index contributed by atoms with van der Waals surface area (Å²) in [7, 11) is 0. The molecular formula is C25H19F3N2O3. The van der Waals surface area contributed by atoms with Crippen molar-refractivity contribution < 1.29 is 27.9 Å². The van der Waals surface area contributed by atoms with Crippen LogP contribution in [0.4, 0.5) is 13.2 Å². The first-order valence-electron chi connectivity index (χ1n) is 10.1. The van der Waals surface area contributed by atoms with Crippen molar-refractivity contribution >= 4 is 17.4 Å². The predicted octanol–water partition coefficient (Wildman–Crippen LogP) is 5.03. The lowest BCUT2D eigenvalue weighted by Gasteiger charge is -2.25. The molecule has 5 nitrogen and oxygen atoms in total. The Morgan fingerprint density at radius 3 is 2.39 bits per heavy atom. The van der Waals surface area contributed by atoms with Gasteiger partial charge in [0.25, 0.3) is 11.7 Å². The standard InChI is InChI=1S/C25H19F3N2O3/c1-15-8-10-17(11-9-15)22(31)20-21(19-7-2-3-12-29-19)30(24(33)23(20)32)14-16-5-4-6-18(13-16)25(26,27)28/h2-13,21,31H,14H2,1H3/b22-20+. The molecule has 1 amide bonds. The van der Waals surface area contributed by atoms with E-state index in [4.69, 9.17) is 0 Å². The van der Waals surface area contributed by atoms with E-state index >= 15 is 0 Å². The third kappa shape index (κ3) is 4.37. The van der Waals surface area contributed by atoms with Gasteiger partial charge < -0.3 is 10.0 Å². The summed E-state index contributed by atoms with van der Waals surface area (Å²) in [6.45, 7) is 1.60. The Morgan fingerprint density at radius 1 is 1.03 bits per heavy atom. The second kappa shape index (κ2) is 8.54. The van der Waals surface area contributed by atoms with Gasteiger partial charge in [-0.05, 0) is 36.8 Å². The van der Waals surface area contributed by atoms with Crippen LogP contribution in [0.25, 0.3) is 5.76 Å². The molecule has 1 aliphatic heterocycles. The van der Waals surface area contributed by atoms with Gasteiger partial charge in [0.05, 0.1) is 16.8 Å². The lowest BCUT2D eigenvalue weighted by Crippen LogP contribution is -2.29. The third-order valence-corrected chi connectivity index (χ3v) is 5.44. The van der Waals surface area contributed by atoms with E-state index in [2.05, 4.69) is 4.98 Å². The summed E-state index contributed by atoms with van der Waals surface area (Å²) in [4.78, 5) is 31.3. The van der Waals surface area contributed by atoms with Crippen LogP contribution in [0, 0.1) is 6.92 Å². The van der Waals surface area contributed by atoms with E-state index in [0.29, 0.717) is 11.3 Å². The molecule has 1 aromatic heterocycles. The summed E-state index contributed by atoms with van der Waals surface area (Å²) in [5.74, 6) is -2.21. The molecule has 1 atom stereocenters. The number of benzene rings is 2. The van der Waals surface area contributed by atoms with E-state index < -0.39 is 29.5 Å². The van der Waals surface area contributed by atoms with E-state index in [9.17, 15) is 27.9 Å². The number of nitrogens with zero attached hydrogens (tertiary/aromatic N) is 2. The number of amides is 1. The highest BCUT2D eigenvalue weighted by Gasteiger charge is 2.46. The largest absolute Gasteiger partial charge is 0.507 e. The number of carbonyl (C=O) groups is 2. The quantitative estimate of drug-likeness (QED) is 0.342. The van der Waals surface area contributed by atoms with Gasteiger partial charge in [-0.25, -0.2) is 0 Å². The Hall–Kier alpha value is -3.94. The van der Waals surface area contributed by atoms with Crippen LogP contribution < -0.4 is 0 Å². The summed E-state index contributed by atoms with van der Waals surface area (Å²) >= 11 is 0. The van der Waals surface area contributed by atoms with E-state index in [1.807, 2.05) is 6.92 Å². The first-order valence-corrected chi connectivity index (χ1v) is 10.1. The third-order valence-electron chi connectivity index (χ3n) is 5.44. The molecule has 0 saturated carbocycles. The van der Waals surface area contributed by atoms with Crippen LogP contribution in [-0.4, -0.2) is 26.7 Å². The Morgan fingerprint density at radius 2 is 1.76 bits per heavy atom. The molecule has 8 heteroatoms. The molecule has 168 valence electrons. The number of aromatic nitrogens is 1. The number of carbonyl (C=O) groups excluding carboxylic acids is 2. The van der Waals surface area contributed by atoms with Crippen LogP contribution in [0.3, 0.4) is 0 Å². The van der Waals surface area contributed by atoms with E-state index in [1.165, 1.54) is 18.3 Å². The highest BCUT2D eigenvalue weighted by Crippen LogP contribution is 2.40. The number of halogens is 3. The van der Waals surface area contributed by atoms with Crippen molar-refractivity contribution in [3.8, 4) is 0 Å². The lowest BCUT2D eigenvalue weighted by atomic mass is 9.97. The van der Waals surface area contributed by atoms with Gasteiger partial charge in [0.15, 0.2) is 0 Å². The molecular weight excluding hydrogens is 433 g/mol. The van der Waals surface area contributed by atoms with Crippen molar-refractivity contribution in [3.05, 3.63) is 106 Å². The number of pyridine rings is 1. The SMILES string of the molecule is Cc1ccc(/C(O)=C2\C(=O)C(=O)N(Cc3cccc(C(F)(F)F)c3)C2c2ccccn2)cc1. The average molecular weight is 452 g/mol. The molecule has 1 unspecified atom stereocenters. The van der Waals surface area contributed by atoms with Crippen molar-refractivity contribution in [1.82, 2.24) is 9.88 Å². The Labute approximate surface area is 187 Å². The van der Waals surface area contributed by atoms with Crippen LogP contribution in [0.5, 0.6) is 0 Å². The van der Waals surface area contributed by atoms with Gasteiger partial charge in [0.2, 0.25) is 0 Å². The predicted molar refractivity (Wildman–Crippen MR) is 115 cm³/mol. The maximum Gasteiger partial charge on any atom is 0.416 e. The Bertz CT molecular complexity index is 1240. The second-order valence-electron chi connectivity index (χ2n) is 7.75. The van der Waals surface area contributed by atoms with Gasteiger partial charge in [-0.15, -0.1) is 0 Å². The minimum Gasteiger partial charge on any atom is -0.507 e. The normalized spacial score (nSPS) is 18.1. The molecule has 3 aromatic rings. The molecule has 0 bridgehead atoms. The van der Waals surface area contributed by atoms with Gasteiger partial charge in [-0.1, -0.05) is 48.0 Å². The van der Waals surface area contributed by atoms with Gasteiger partial charge in [0.1, 0.15) is 11.8 Å². The molecule has 33 heavy (non-hydrogen) atoms. The maximum atomic E-state index is 13.2. The Balaban J connectivity index is 1.82. The van der Waals surface area contributed by atoms with Gasteiger partial charge in [-0.3, -0.25) is 14.6 Å². The van der Waals surface area contributed by atoms with Crippen LogP contribution in [-0.2, 0) is 22.3 Å². The fourth-order valence-electron chi connectivity index (χ4n) is 3.80. The second-order valence-corrected chi connectivity index (χ2v) is 7.75. The number of aliphatic hydroxyl groups excluding tert-OH is 1. The number of hydrogen-bond acceptors (Lipinski definition) is 4. The van der Waals surface area contributed by atoms with Crippen molar-refractivity contribution in [2.45, 2.75) is 25.7 Å². The summed E-state index contributed by atoms with van der Waals surface area (Å²) in [6, 6.07) is 15.2. The summed E-state index contributed by atoms with van der Waals surface area (Å²) < 4.78 is 39.5. The number of hydrogen-bond donors (Lipinski definition) is 1. The fraction of sp³-hybridized carbons (Fsp3) is 0.160. The number of alkyl halides is 3. The minimum absolute atomic E-state index is 0.158. The molecule has 1 fully saturated rings. The van der Waals surface area contributed by atoms with Crippen LogP contribution in [0.2, 0.25) is 0 Å². The zero-order valence-corrected chi connectivity index (χ0v) is 17.5. The number of aliphatic hydroxyl groups is 1. The number of Topliss-reactive ketones (excluding diaryl/α,β-unsaturated/α-hetero) is 1. The molecule has 0 radical (unpaired) electrons. The first kappa shape index (κ1) is 22.3. The Kier molecular flexibility index (Phi) is 5.76. The fourth-order valence-corrected chi connectivity index (χ4v) is 3.80. The zero-order valence-electron chi connectivity index (χ0n) is 17.5. The van der Waals surface area contributed by atoms with E-state index in [1.54, 1.807) is 42.5 Å². The number of aryl methyl sites for hydroxylation is 1. The molecule has 1 saturated heterocycles. The average Bonchev–Trinajstić information content (AvgIpc) is 3.04. The van der Waals surface area contributed by atoms with Crippen molar-refractivity contribution in [2.24, 2.45) is 0 Å². The molecule has 2 heterocycles. The zero-order chi connectivity index (χ0) is 23.8. The monoisotopic (exact) mass is 452 g/mol. The molecule has 2 aromatic carbocycles. The molecule has 0 spiro atoms. The molecule has 1 aliphatic rings. The minimum atomic E-state index is -4.55. The number of likely N-dealkylation sites (tertiary alicyclic amines) is 1. The van der Waals surface area contributed by atoms with Crippen molar-refractivity contribution in [2.75, 3.05) is 0 Å². The molecule has 4 rings (SSSR count). The lowest BCUT2D eigenvalue weighted by molar-refractivity contribution is -0.140. The highest BCUT2D eigenvalue weighted by atomic mass is 19.4. The number of ketones is 1. The molecule has 0 aliphatic carbocycles. The highest BCUT2D eigenvalue weighted by molar-refractivity contribution is 6.46. The first-order chi connectivity index (χ1) is 15.7. The van der Waals surface area contributed by atoms with E-state index in [0.717, 1.165) is 22.6 Å². The summed E-state index contributed by atoms with van der Waals surface area (Å²) in [5.41, 5.74) is 0.789. The van der Waals surface area contributed by atoms with Crippen LogP contribution in [0.15, 0.2) is 78.5 Å². The van der Waals surface area contributed by atoms with Gasteiger partial charge >= 0.3 is 6.18 Å². The smallest absolute Gasteiger partial charge is 0.416 e. The van der Waals surface area contributed by atoms with Gasteiger partial charge in [-0.2, -0.15) is 13.2 Å². The van der Waals surface area contributed by atoms with Crippen LogP contribution in [0.1, 0.15) is 34.0 Å². The molecule has 1 N–H and O–H groups in total. The summed E-state index contributed by atoms with van der Waals surface area (Å²) in [5, 5.41) is 11.0. The van der Waals surface area contributed by atoms with Crippen LogP contribution >= 0.6 is 0 Å². The topological polar surface area (TPSA) is 70.5 Å². The van der Waals surface area contributed by atoms with E-state index in [-0.39, 0.29) is 23.4 Å². The summed E-state index contributed by atoms with van der Waals surface area (Å²) in [6.07, 6.45) is -3.07. The van der Waals surface area contributed by atoms with Crippen molar-refractivity contribution in [1.29, 1.82) is 0 Å². The van der Waals surface area contributed by atoms with Crippen molar-refractivity contribution in [3.63, 3.8) is 0 Å². The van der Waals surface area contributed by atoms with Gasteiger partial charge in [0, 0.05) is 18.3 Å². The maximum absolute atomic E-state index is 13.2.